The lowest BCUT2D eigenvalue weighted by Gasteiger charge is -2.13. The van der Waals surface area contributed by atoms with Crippen LogP contribution in [-0.4, -0.2) is 38.1 Å². The van der Waals surface area contributed by atoms with Gasteiger partial charge in [0.05, 0.1) is 16.4 Å². The van der Waals surface area contributed by atoms with Crippen LogP contribution in [0.3, 0.4) is 0 Å². The fourth-order valence-electron chi connectivity index (χ4n) is 4.01. The largest absolute Gasteiger partial charge is 0.490 e. The van der Waals surface area contributed by atoms with Crippen molar-refractivity contribution in [2.24, 2.45) is 0 Å². The Hall–Kier alpha value is -4.75. The number of carbonyl (C=O) groups excluding carboxylic acids is 1. The molecule has 6 rings (SSSR count). The van der Waals surface area contributed by atoms with Crippen LogP contribution >= 0.6 is 22.9 Å². The number of nitrogens with zero attached hydrogens (tertiary/aromatic N) is 3. The molecule has 42 heavy (non-hydrogen) atoms. The monoisotopic (exact) mass is 612 g/mol. The molecule has 0 fully saturated rings. The summed E-state index contributed by atoms with van der Waals surface area (Å²) in [6, 6.07) is 21.8. The van der Waals surface area contributed by atoms with Crippen LogP contribution in [0.1, 0.15) is 20.9 Å². The SMILES string of the molecule is O=C(Nc1cc2cc(c1)Nc1nc(ncc1Cl)Nc1cccc(c1)CC2)c1nc2ccccc2s1.O=C(O)C(F)(F)F. The van der Waals surface area contributed by atoms with E-state index in [1.165, 1.54) is 16.9 Å². The number of nitrogens with one attached hydrogen (secondary N) is 3. The van der Waals surface area contributed by atoms with E-state index in [1.807, 2.05) is 54.6 Å². The van der Waals surface area contributed by atoms with E-state index >= 15 is 0 Å². The predicted molar refractivity (Wildman–Crippen MR) is 155 cm³/mol. The second kappa shape index (κ2) is 12.0. The highest BCUT2D eigenvalue weighted by Crippen LogP contribution is 2.30. The maximum atomic E-state index is 13.0. The highest BCUT2D eigenvalue weighted by atomic mass is 35.5. The first-order valence-electron chi connectivity index (χ1n) is 12.3. The molecule has 214 valence electrons. The number of aliphatic carboxylic acids is 1. The lowest BCUT2D eigenvalue weighted by molar-refractivity contribution is -0.192. The van der Waals surface area contributed by atoms with Crippen molar-refractivity contribution < 1.29 is 27.9 Å². The normalized spacial score (nSPS) is 12.3. The minimum atomic E-state index is -5.08. The Morgan fingerprint density at radius 1 is 0.929 bits per heavy atom. The molecule has 0 unspecified atom stereocenters. The van der Waals surface area contributed by atoms with Crippen molar-refractivity contribution in [2.45, 2.75) is 19.0 Å². The summed E-state index contributed by atoms with van der Waals surface area (Å²) in [4.78, 5) is 35.2. The van der Waals surface area contributed by atoms with Gasteiger partial charge in [0.15, 0.2) is 10.8 Å². The summed E-state index contributed by atoms with van der Waals surface area (Å²) in [7, 11) is 0. The lowest BCUT2D eigenvalue weighted by atomic mass is 10.0. The Kier molecular flexibility index (Phi) is 8.22. The summed E-state index contributed by atoms with van der Waals surface area (Å²) < 4.78 is 32.7. The van der Waals surface area contributed by atoms with Crippen molar-refractivity contribution in [3.63, 3.8) is 0 Å². The maximum Gasteiger partial charge on any atom is 0.490 e. The molecule has 0 saturated heterocycles. The van der Waals surface area contributed by atoms with Gasteiger partial charge in [-0.2, -0.15) is 18.2 Å². The minimum Gasteiger partial charge on any atom is -0.475 e. The second-order valence-electron chi connectivity index (χ2n) is 9.00. The quantitative estimate of drug-likeness (QED) is 0.165. The number of carboxylic acids is 1. The zero-order valence-corrected chi connectivity index (χ0v) is 22.9. The van der Waals surface area contributed by atoms with Crippen molar-refractivity contribution in [3.05, 3.63) is 94.1 Å². The van der Waals surface area contributed by atoms with Crippen LogP contribution in [0, 0.1) is 0 Å². The van der Waals surface area contributed by atoms with E-state index in [9.17, 15) is 18.0 Å². The number of halogens is 4. The van der Waals surface area contributed by atoms with Crippen LogP contribution in [0.15, 0.2) is 72.9 Å². The Balaban J connectivity index is 0.000000451. The number of carboxylic acid groups (broad SMARTS) is 1. The summed E-state index contributed by atoms with van der Waals surface area (Å²) in [5, 5.41) is 17.5. The number of aryl methyl sites for hydroxylation is 2. The van der Waals surface area contributed by atoms with E-state index in [4.69, 9.17) is 21.5 Å². The highest BCUT2D eigenvalue weighted by molar-refractivity contribution is 7.20. The van der Waals surface area contributed by atoms with Crippen molar-refractivity contribution in [1.82, 2.24) is 15.0 Å². The second-order valence-corrected chi connectivity index (χ2v) is 10.4. The third-order valence-corrected chi connectivity index (χ3v) is 7.19. The molecule has 1 aliphatic heterocycles. The first-order valence-corrected chi connectivity index (χ1v) is 13.5. The van der Waals surface area contributed by atoms with Gasteiger partial charge in [-0.15, -0.1) is 11.3 Å². The van der Waals surface area contributed by atoms with Crippen LogP contribution in [0.5, 0.6) is 0 Å². The maximum absolute atomic E-state index is 13.0. The van der Waals surface area contributed by atoms with Gasteiger partial charge in [0.2, 0.25) is 5.95 Å². The van der Waals surface area contributed by atoms with Gasteiger partial charge >= 0.3 is 12.1 Å². The fraction of sp³-hybridized carbons (Fsp3) is 0.107. The molecule has 3 heterocycles. The van der Waals surface area contributed by atoms with Crippen molar-refractivity contribution >= 4 is 73.9 Å². The van der Waals surface area contributed by atoms with E-state index in [-0.39, 0.29) is 5.91 Å². The van der Waals surface area contributed by atoms with Crippen molar-refractivity contribution in [3.8, 4) is 0 Å². The number of hydrogen-bond acceptors (Lipinski definition) is 8. The molecule has 0 aliphatic carbocycles. The number of hydrogen-bond donors (Lipinski definition) is 4. The molecule has 5 aromatic rings. The zero-order chi connectivity index (χ0) is 29.9. The van der Waals surface area contributed by atoms with Crippen LogP contribution in [0.2, 0.25) is 5.02 Å². The predicted octanol–water partition coefficient (Wildman–Crippen LogP) is 7.21. The third-order valence-electron chi connectivity index (χ3n) is 5.87. The Bertz CT molecular complexity index is 1760. The van der Waals surface area contributed by atoms with Crippen LogP contribution < -0.4 is 16.0 Å². The van der Waals surface area contributed by atoms with Crippen LogP contribution in [0.4, 0.5) is 42.0 Å². The van der Waals surface area contributed by atoms with Gasteiger partial charge in [-0.3, -0.25) is 4.79 Å². The summed E-state index contributed by atoms with van der Waals surface area (Å²) in [5.74, 6) is -2.09. The molecule has 4 N–H and O–H groups in total. The molecule has 9 nitrogen and oxygen atoms in total. The molecule has 0 saturated carbocycles. The van der Waals surface area contributed by atoms with E-state index in [2.05, 4.69) is 43.0 Å². The first-order chi connectivity index (χ1) is 20.0. The summed E-state index contributed by atoms with van der Waals surface area (Å²) in [5.41, 5.74) is 5.40. The fourth-order valence-corrected chi connectivity index (χ4v) is 5.01. The number of carbonyl (C=O) groups is 2. The van der Waals surface area contributed by atoms with Crippen LogP contribution in [0.25, 0.3) is 10.2 Å². The number of thiazole rings is 1. The molecule has 2 aromatic heterocycles. The molecule has 1 aliphatic rings. The Labute approximate surface area is 245 Å². The third kappa shape index (κ3) is 7.11. The number of aromatic nitrogens is 3. The smallest absolute Gasteiger partial charge is 0.475 e. The van der Waals surface area contributed by atoms with Crippen molar-refractivity contribution in [2.75, 3.05) is 16.0 Å². The molecule has 3 aromatic carbocycles. The topological polar surface area (TPSA) is 129 Å². The number of rotatable bonds is 2. The summed E-state index contributed by atoms with van der Waals surface area (Å²) in [6.07, 6.45) is -1.90. The standard InChI is InChI=1S/C26H19ClN6OS.C2HF3O2/c27-20-14-28-26-31-17-5-3-4-15(10-17)8-9-16-11-18(29-23(20)33-26)13-19(12-16)30-24(34)25-32-21-6-1-2-7-22(21)35-25;3-2(4,5)1(6)7/h1-7,10-14H,8-9H2,(H,30,34)(H2,28,29,31,33);(H,6,7). The summed E-state index contributed by atoms with van der Waals surface area (Å²) >= 11 is 7.76. The summed E-state index contributed by atoms with van der Waals surface area (Å²) in [6.45, 7) is 0. The van der Waals surface area contributed by atoms with E-state index in [1.54, 1.807) is 6.20 Å². The molecule has 0 atom stereocenters. The van der Waals surface area contributed by atoms with E-state index < -0.39 is 12.1 Å². The van der Waals surface area contributed by atoms with Gasteiger partial charge in [-0.1, -0.05) is 35.9 Å². The average Bonchev–Trinajstić information content (AvgIpc) is 3.38. The van der Waals surface area contributed by atoms with Gasteiger partial charge in [-0.25, -0.2) is 14.8 Å². The molecule has 0 radical (unpaired) electrons. The zero-order valence-electron chi connectivity index (χ0n) is 21.4. The molecule has 14 heteroatoms. The number of amides is 1. The molecular formula is C28H20ClF3N6O3S. The Morgan fingerprint density at radius 3 is 2.43 bits per heavy atom. The van der Waals surface area contributed by atoms with Crippen LogP contribution in [-0.2, 0) is 17.6 Å². The molecule has 6 bridgehead atoms. The Morgan fingerprint density at radius 2 is 1.67 bits per heavy atom. The number of para-hydroxylation sites is 1. The average molecular weight is 613 g/mol. The van der Waals surface area contributed by atoms with E-state index in [0.29, 0.717) is 27.5 Å². The number of benzene rings is 3. The van der Waals surface area contributed by atoms with Gasteiger partial charge in [0.1, 0.15) is 5.02 Å². The molecule has 1 amide bonds. The van der Waals surface area contributed by atoms with Gasteiger partial charge in [-0.05, 0) is 66.4 Å². The number of anilines is 5. The molecule has 0 spiro atoms. The lowest BCUT2D eigenvalue weighted by Crippen LogP contribution is -2.21. The van der Waals surface area contributed by atoms with Gasteiger partial charge in [0, 0.05) is 17.1 Å². The molecular weight excluding hydrogens is 593 g/mol. The van der Waals surface area contributed by atoms with Gasteiger partial charge in [0.25, 0.3) is 5.91 Å². The van der Waals surface area contributed by atoms with Gasteiger partial charge < -0.3 is 21.1 Å². The minimum absolute atomic E-state index is 0.244. The highest BCUT2D eigenvalue weighted by Gasteiger charge is 2.38. The van der Waals surface area contributed by atoms with E-state index in [0.717, 1.165) is 40.0 Å². The van der Waals surface area contributed by atoms with Crippen molar-refractivity contribution in [1.29, 1.82) is 0 Å². The number of fused-ring (bicyclic) bond motifs is 7. The first kappa shape index (κ1) is 28.8. The number of alkyl halides is 3.